The van der Waals surface area contributed by atoms with Crippen LogP contribution in [0.4, 0.5) is 24.5 Å². The van der Waals surface area contributed by atoms with Gasteiger partial charge in [0.05, 0.1) is 76.3 Å². The number of nitrogens with one attached hydrogen (secondary N) is 1. The van der Waals surface area contributed by atoms with Crippen LogP contribution >= 0.6 is 0 Å². The molecule has 0 aromatic heterocycles. The van der Waals surface area contributed by atoms with E-state index in [1.165, 1.54) is 31.0 Å². The molecule has 0 spiro atoms. The van der Waals surface area contributed by atoms with E-state index < -0.39 is 17.7 Å². The molecule has 0 amide bonds. The minimum atomic E-state index is -4.46. The number of ether oxygens (including phenoxy) is 6. The first-order valence-electron chi connectivity index (χ1n) is 13.5. The molecule has 11 heteroatoms. The molecule has 0 radical (unpaired) electrons. The number of hydrogen-bond acceptors (Lipinski definition) is 8. The van der Waals surface area contributed by atoms with Crippen molar-refractivity contribution >= 4 is 17.3 Å². The van der Waals surface area contributed by atoms with Gasteiger partial charge in [-0.25, -0.2) is 4.79 Å². The molecule has 2 rings (SSSR count). The molecule has 0 fully saturated rings. The van der Waals surface area contributed by atoms with Crippen molar-refractivity contribution in [3.8, 4) is 0 Å². The summed E-state index contributed by atoms with van der Waals surface area (Å²) in [6.07, 6.45) is -1.01. The summed E-state index contributed by atoms with van der Waals surface area (Å²) in [7, 11) is 0. The van der Waals surface area contributed by atoms with Crippen LogP contribution in [0, 0.1) is 0 Å². The molecule has 0 saturated heterocycles. The van der Waals surface area contributed by atoms with Crippen molar-refractivity contribution in [2.45, 2.75) is 32.4 Å². The monoisotopic (exact) mass is 571 g/mol. The number of rotatable bonds is 22. The highest BCUT2D eigenvalue weighted by Gasteiger charge is 2.30. The molecule has 40 heavy (non-hydrogen) atoms. The van der Waals surface area contributed by atoms with Gasteiger partial charge in [-0.1, -0.05) is 38.0 Å². The first kappa shape index (κ1) is 33.5. The molecule has 8 nitrogen and oxygen atoms in total. The van der Waals surface area contributed by atoms with E-state index in [0.29, 0.717) is 58.5 Å². The highest BCUT2D eigenvalue weighted by atomic mass is 19.4. The third-order valence-electron chi connectivity index (χ3n) is 5.46. The Labute approximate surface area is 234 Å². The van der Waals surface area contributed by atoms with Crippen LogP contribution in [-0.2, 0) is 34.6 Å². The smallest absolute Gasteiger partial charge is 0.416 e. The van der Waals surface area contributed by atoms with Crippen LogP contribution in [0.5, 0.6) is 0 Å². The van der Waals surface area contributed by atoms with Crippen LogP contribution in [0.15, 0.2) is 48.5 Å². The Morgan fingerprint density at radius 1 is 0.700 bits per heavy atom. The number of carbonyl (C=O) groups is 1. The fourth-order valence-corrected chi connectivity index (χ4v) is 3.41. The van der Waals surface area contributed by atoms with Gasteiger partial charge in [-0.2, -0.15) is 13.2 Å². The van der Waals surface area contributed by atoms with Crippen molar-refractivity contribution in [3.05, 3.63) is 59.7 Å². The van der Waals surface area contributed by atoms with Crippen LogP contribution in [0.25, 0.3) is 0 Å². The van der Waals surface area contributed by atoms with Gasteiger partial charge in [0.25, 0.3) is 0 Å². The van der Waals surface area contributed by atoms with E-state index in [1.54, 1.807) is 18.2 Å². The molecule has 0 unspecified atom stereocenters. The van der Waals surface area contributed by atoms with Crippen molar-refractivity contribution in [3.63, 3.8) is 0 Å². The first-order chi connectivity index (χ1) is 19.4. The predicted octanol–water partition coefficient (Wildman–Crippen LogP) is 5.88. The molecular weight excluding hydrogens is 531 g/mol. The third-order valence-corrected chi connectivity index (χ3v) is 5.46. The van der Waals surface area contributed by atoms with E-state index >= 15 is 0 Å². The van der Waals surface area contributed by atoms with Crippen molar-refractivity contribution in [1.29, 1.82) is 0 Å². The van der Waals surface area contributed by atoms with Crippen LogP contribution in [-0.4, -0.2) is 78.6 Å². The SMILES string of the molecule is CCCCCOCCOCCOCCOCCOCCOC(=O)c1ccccc1Nc1cccc(C(F)(F)F)c1. The largest absolute Gasteiger partial charge is 0.460 e. The van der Waals surface area contributed by atoms with Gasteiger partial charge in [-0.3, -0.25) is 0 Å². The summed E-state index contributed by atoms with van der Waals surface area (Å²) in [5.74, 6) is -0.615. The summed E-state index contributed by atoms with van der Waals surface area (Å²) in [5, 5.41) is 2.86. The van der Waals surface area contributed by atoms with E-state index in [0.717, 1.165) is 25.2 Å². The lowest BCUT2D eigenvalue weighted by atomic mass is 10.1. The van der Waals surface area contributed by atoms with E-state index in [4.69, 9.17) is 28.4 Å². The topological polar surface area (TPSA) is 84.5 Å². The summed E-state index contributed by atoms with van der Waals surface area (Å²) in [4.78, 5) is 12.5. The molecule has 0 heterocycles. The fourth-order valence-electron chi connectivity index (χ4n) is 3.41. The molecule has 0 aliphatic carbocycles. The molecule has 0 aliphatic heterocycles. The van der Waals surface area contributed by atoms with Gasteiger partial charge in [0.2, 0.25) is 0 Å². The predicted molar refractivity (Wildman–Crippen MR) is 145 cm³/mol. The quantitative estimate of drug-likeness (QED) is 0.139. The summed E-state index contributed by atoms with van der Waals surface area (Å²) in [6.45, 7) is 6.84. The number of anilines is 2. The Kier molecular flexibility index (Phi) is 16.9. The van der Waals surface area contributed by atoms with Crippen LogP contribution < -0.4 is 5.32 Å². The van der Waals surface area contributed by atoms with E-state index in [9.17, 15) is 18.0 Å². The summed E-state index contributed by atoms with van der Waals surface area (Å²) in [6, 6.07) is 11.2. The van der Waals surface area contributed by atoms with Crippen LogP contribution in [0.3, 0.4) is 0 Å². The first-order valence-corrected chi connectivity index (χ1v) is 13.5. The molecule has 224 valence electrons. The number of halogens is 3. The number of carbonyl (C=O) groups excluding carboxylic acids is 1. The highest BCUT2D eigenvalue weighted by molar-refractivity contribution is 5.96. The maximum Gasteiger partial charge on any atom is 0.416 e. The third kappa shape index (κ3) is 14.6. The van der Waals surface area contributed by atoms with Gasteiger partial charge in [0, 0.05) is 12.3 Å². The van der Waals surface area contributed by atoms with Crippen LogP contribution in [0.2, 0.25) is 0 Å². The lowest BCUT2D eigenvalue weighted by Crippen LogP contribution is -2.15. The summed E-state index contributed by atoms with van der Waals surface area (Å²) in [5.41, 5.74) is -0.0484. The zero-order valence-corrected chi connectivity index (χ0v) is 23.0. The molecular formula is C29H40F3NO7. The average Bonchev–Trinajstić information content (AvgIpc) is 2.94. The lowest BCUT2D eigenvalue weighted by Gasteiger charge is -2.13. The Morgan fingerprint density at radius 3 is 1.82 bits per heavy atom. The standard InChI is InChI=1S/C29H40F3NO7/c1-2-3-6-12-35-13-14-36-15-16-37-17-18-38-19-20-39-21-22-40-28(34)26-10-4-5-11-27(26)33-25-9-7-8-24(23-25)29(30,31)32/h4-5,7-11,23,33H,2-3,6,12-22H2,1H3. The molecule has 2 aromatic carbocycles. The zero-order valence-electron chi connectivity index (χ0n) is 23.0. The van der Waals surface area contributed by atoms with Gasteiger partial charge in [0.1, 0.15) is 6.61 Å². The Morgan fingerprint density at radius 2 is 1.25 bits per heavy atom. The molecule has 2 aromatic rings. The van der Waals surface area contributed by atoms with Gasteiger partial charge < -0.3 is 33.7 Å². The maximum atomic E-state index is 13.0. The van der Waals surface area contributed by atoms with Gasteiger partial charge in [-0.05, 0) is 36.8 Å². The van der Waals surface area contributed by atoms with Crippen molar-refractivity contribution in [2.24, 2.45) is 0 Å². The second-order valence-electron chi connectivity index (χ2n) is 8.65. The Bertz CT molecular complexity index is 959. The van der Waals surface area contributed by atoms with E-state index in [2.05, 4.69) is 12.2 Å². The fraction of sp³-hybridized carbons (Fsp3) is 0.552. The minimum absolute atomic E-state index is 0.0175. The highest BCUT2D eigenvalue weighted by Crippen LogP contribution is 2.32. The minimum Gasteiger partial charge on any atom is -0.460 e. The molecule has 0 atom stereocenters. The van der Waals surface area contributed by atoms with Gasteiger partial charge in [0.15, 0.2) is 0 Å². The molecule has 0 aliphatic rings. The van der Waals surface area contributed by atoms with Crippen molar-refractivity contribution in [2.75, 3.05) is 78.0 Å². The Hall–Kier alpha value is -2.70. The van der Waals surface area contributed by atoms with E-state index in [-0.39, 0.29) is 24.5 Å². The zero-order chi connectivity index (χ0) is 28.9. The Balaban J connectivity index is 1.50. The number of benzene rings is 2. The summed E-state index contributed by atoms with van der Waals surface area (Å²) < 4.78 is 71.4. The number of esters is 1. The number of hydrogen-bond donors (Lipinski definition) is 1. The second-order valence-corrected chi connectivity index (χ2v) is 8.65. The molecule has 0 bridgehead atoms. The maximum absolute atomic E-state index is 13.0. The number of unbranched alkanes of at least 4 members (excludes halogenated alkanes) is 2. The number of para-hydroxylation sites is 1. The molecule has 0 saturated carbocycles. The normalized spacial score (nSPS) is 11.5. The average molecular weight is 572 g/mol. The molecule has 1 N–H and O–H groups in total. The summed E-state index contributed by atoms with van der Waals surface area (Å²) >= 11 is 0. The number of alkyl halides is 3. The van der Waals surface area contributed by atoms with E-state index in [1.807, 2.05) is 0 Å². The lowest BCUT2D eigenvalue weighted by molar-refractivity contribution is -0.137. The van der Waals surface area contributed by atoms with Crippen LogP contribution in [0.1, 0.15) is 42.1 Å². The van der Waals surface area contributed by atoms with Crippen molar-refractivity contribution in [1.82, 2.24) is 0 Å². The van der Waals surface area contributed by atoms with Crippen molar-refractivity contribution < 1.29 is 46.4 Å². The second kappa shape index (κ2) is 20.2. The van der Waals surface area contributed by atoms with Gasteiger partial charge in [-0.15, -0.1) is 0 Å². The van der Waals surface area contributed by atoms with Gasteiger partial charge >= 0.3 is 12.1 Å².